The van der Waals surface area contributed by atoms with Crippen LogP contribution >= 0.6 is 0 Å². The van der Waals surface area contributed by atoms with E-state index in [9.17, 15) is 14.4 Å². The average Bonchev–Trinajstić information content (AvgIpc) is 2.78. The molecule has 0 radical (unpaired) electrons. The normalized spacial score (nSPS) is 10.5. The van der Waals surface area contributed by atoms with Crippen molar-refractivity contribution in [3.8, 4) is 5.75 Å². The number of unbranched alkanes of at least 4 members (excludes halogenated alkanes) is 5. The molecule has 198 valence electrons. The van der Waals surface area contributed by atoms with Crippen LogP contribution in [0.1, 0.15) is 76.6 Å². The molecule has 9 heteroatoms. The van der Waals surface area contributed by atoms with E-state index in [1.807, 2.05) is 0 Å². The lowest BCUT2D eigenvalue weighted by molar-refractivity contribution is -0.107. The van der Waals surface area contributed by atoms with Crippen LogP contribution in [0.3, 0.4) is 0 Å². The van der Waals surface area contributed by atoms with Crippen molar-refractivity contribution in [2.45, 2.75) is 71.8 Å². The summed E-state index contributed by atoms with van der Waals surface area (Å²) in [5.74, 6) is -0.496. The van der Waals surface area contributed by atoms with Crippen molar-refractivity contribution in [3.63, 3.8) is 0 Å². The summed E-state index contributed by atoms with van der Waals surface area (Å²) in [6.45, 7) is 7.45. The zero-order chi connectivity index (χ0) is 27.1. The third-order valence-electron chi connectivity index (χ3n) is 4.75. The Balaban J connectivity index is 0.000000613. The van der Waals surface area contributed by atoms with Crippen molar-refractivity contribution < 1.29 is 23.9 Å². The maximum Gasteiger partial charge on any atom is 0.412 e. The van der Waals surface area contributed by atoms with E-state index >= 15 is 0 Å². The Morgan fingerprint density at radius 3 is 2.17 bits per heavy atom. The Morgan fingerprint density at radius 2 is 1.61 bits per heavy atom. The Kier molecular flexibility index (Phi) is 12.9. The van der Waals surface area contributed by atoms with Crippen molar-refractivity contribution in [1.82, 2.24) is 0 Å². The lowest BCUT2D eigenvalue weighted by Gasteiger charge is -2.20. The monoisotopic (exact) mass is 500 g/mol. The first-order chi connectivity index (χ1) is 17.0. The molecule has 0 unspecified atom stereocenters. The van der Waals surface area contributed by atoms with Crippen LogP contribution in [0.5, 0.6) is 5.75 Å². The van der Waals surface area contributed by atoms with Gasteiger partial charge in [-0.05, 0) is 63.6 Å². The summed E-state index contributed by atoms with van der Waals surface area (Å²) >= 11 is 0. The molecule has 2 rings (SSSR count). The molecule has 2 aromatic carbocycles. The standard InChI is InChI=1S/C19H24N4O4.C8H16O/c1-19(2,3)27-18(25)23-15-10-14(22-4)5-6-16(15)26-17(24)11-7-12(20)9-13(21)8-11;1-2-3-4-5-6-7-8-9/h5-10,22H,20-21H2,1-4H3,(H,23,25);8H,2-7H2,1H3. The summed E-state index contributed by atoms with van der Waals surface area (Å²) < 4.78 is 10.7. The molecule has 0 saturated heterocycles. The number of rotatable bonds is 10. The van der Waals surface area contributed by atoms with E-state index in [2.05, 4.69) is 17.6 Å². The summed E-state index contributed by atoms with van der Waals surface area (Å²) in [7, 11) is 1.73. The van der Waals surface area contributed by atoms with Gasteiger partial charge in [0.15, 0.2) is 5.75 Å². The van der Waals surface area contributed by atoms with Gasteiger partial charge in [0.1, 0.15) is 11.9 Å². The smallest absolute Gasteiger partial charge is 0.412 e. The maximum absolute atomic E-state index is 12.4. The number of nitrogen functional groups attached to an aromatic ring is 2. The number of amides is 1. The minimum Gasteiger partial charge on any atom is -0.444 e. The summed E-state index contributed by atoms with van der Waals surface area (Å²) in [4.78, 5) is 34.4. The molecule has 0 aliphatic rings. The minimum absolute atomic E-state index is 0.158. The second kappa shape index (κ2) is 15.3. The molecule has 6 N–H and O–H groups in total. The average molecular weight is 501 g/mol. The fourth-order valence-corrected chi connectivity index (χ4v) is 3.07. The number of nitrogens with one attached hydrogen (secondary N) is 2. The predicted molar refractivity (Wildman–Crippen MR) is 146 cm³/mol. The Bertz CT molecular complexity index is 982. The Labute approximate surface area is 213 Å². The fraction of sp³-hybridized carbons (Fsp3) is 0.444. The van der Waals surface area contributed by atoms with E-state index in [4.69, 9.17) is 20.9 Å². The zero-order valence-corrected chi connectivity index (χ0v) is 22.0. The summed E-state index contributed by atoms with van der Waals surface area (Å²) in [6.07, 6.45) is 7.30. The quantitative estimate of drug-likeness (QED) is 0.102. The molecule has 0 aliphatic heterocycles. The van der Waals surface area contributed by atoms with Crippen LogP contribution in [-0.4, -0.2) is 31.0 Å². The molecule has 0 bridgehead atoms. The highest BCUT2D eigenvalue weighted by atomic mass is 16.6. The summed E-state index contributed by atoms with van der Waals surface area (Å²) in [5, 5.41) is 5.54. The largest absolute Gasteiger partial charge is 0.444 e. The molecule has 1 amide bonds. The van der Waals surface area contributed by atoms with E-state index in [0.29, 0.717) is 17.1 Å². The van der Waals surface area contributed by atoms with Gasteiger partial charge in [0.2, 0.25) is 0 Å². The topological polar surface area (TPSA) is 146 Å². The molecule has 2 aromatic rings. The van der Waals surface area contributed by atoms with Gasteiger partial charge >= 0.3 is 12.1 Å². The van der Waals surface area contributed by atoms with Crippen molar-refractivity contribution in [3.05, 3.63) is 42.0 Å². The van der Waals surface area contributed by atoms with E-state index in [-0.39, 0.29) is 17.0 Å². The first kappa shape index (κ1) is 30.3. The van der Waals surface area contributed by atoms with E-state index in [1.165, 1.54) is 43.9 Å². The number of benzene rings is 2. The summed E-state index contributed by atoms with van der Waals surface area (Å²) in [6, 6.07) is 9.35. The number of hydrogen-bond donors (Lipinski definition) is 4. The lowest BCUT2D eigenvalue weighted by Crippen LogP contribution is -2.27. The Morgan fingerprint density at radius 1 is 0.972 bits per heavy atom. The molecule has 0 atom stereocenters. The molecule has 0 saturated carbocycles. The van der Waals surface area contributed by atoms with Crippen LogP contribution in [0.4, 0.5) is 27.5 Å². The molecule has 0 aromatic heterocycles. The zero-order valence-electron chi connectivity index (χ0n) is 22.0. The van der Waals surface area contributed by atoms with Crippen molar-refractivity contribution >= 4 is 41.1 Å². The highest BCUT2D eigenvalue weighted by Crippen LogP contribution is 2.30. The number of nitrogens with two attached hydrogens (primary N) is 2. The lowest BCUT2D eigenvalue weighted by atomic mass is 10.1. The van der Waals surface area contributed by atoms with Gasteiger partial charge in [-0.25, -0.2) is 9.59 Å². The molecule has 0 heterocycles. The van der Waals surface area contributed by atoms with Gasteiger partial charge in [0.25, 0.3) is 0 Å². The van der Waals surface area contributed by atoms with E-state index < -0.39 is 17.7 Å². The van der Waals surface area contributed by atoms with E-state index in [0.717, 1.165) is 19.1 Å². The molecule has 36 heavy (non-hydrogen) atoms. The fourth-order valence-electron chi connectivity index (χ4n) is 3.07. The number of aldehydes is 1. The highest BCUT2D eigenvalue weighted by molar-refractivity contribution is 5.95. The molecule has 9 nitrogen and oxygen atoms in total. The van der Waals surface area contributed by atoms with Crippen LogP contribution in [0.2, 0.25) is 0 Å². The van der Waals surface area contributed by atoms with Gasteiger partial charge in [-0.2, -0.15) is 0 Å². The van der Waals surface area contributed by atoms with Crippen LogP contribution in [-0.2, 0) is 9.53 Å². The van der Waals surface area contributed by atoms with Crippen LogP contribution < -0.4 is 26.8 Å². The third kappa shape index (κ3) is 12.1. The van der Waals surface area contributed by atoms with Gasteiger partial charge in [-0.3, -0.25) is 5.32 Å². The van der Waals surface area contributed by atoms with Gasteiger partial charge in [0.05, 0.1) is 11.3 Å². The van der Waals surface area contributed by atoms with E-state index in [1.54, 1.807) is 46.0 Å². The third-order valence-corrected chi connectivity index (χ3v) is 4.75. The first-order valence-corrected chi connectivity index (χ1v) is 12.1. The highest BCUT2D eigenvalue weighted by Gasteiger charge is 2.19. The number of carbonyl (C=O) groups excluding carboxylic acids is 3. The van der Waals surface area contributed by atoms with Gasteiger partial charge in [0, 0.05) is 30.5 Å². The van der Waals surface area contributed by atoms with Crippen LogP contribution in [0.15, 0.2) is 36.4 Å². The second-order valence-electron chi connectivity index (χ2n) is 9.24. The number of carbonyl (C=O) groups is 3. The predicted octanol–water partition coefficient (Wildman–Crippen LogP) is 6.00. The Hall–Kier alpha value is -3.75. The number of esters is 1. The van der Waals surface area contributed by atoms with Gasteiger partial charge in [-0.1, -0.05) is 32.6 Å². The molecular formula is C27H40N4O5. The second-order valence-corrected chi connectivity index (χ2v) is 9.24. The van der Waals surface area contributed by atoms with Gasteiger partial charge in [-0.15, -0.1) is 0 Å². The molecule has 0 fully saturated rings. The molecular weight excluding hydrogens is 460 g/mol. The molecule has 0 spiro atoms. The van der Waals surface area contributed by atoms with Gasteiger partial charge < -0.3 is 31.1 Å². The van der Waals surface area contributed by atoms with Crippen molar-refractivity contribution in [2.24, 2.45) is 0 Å². The number of hydrogen-bond acceptors (Lipinski definition) is 8. The minimum atomic E-state index is -0.666. The van der Waals surface area contributed by atoms with Crippen LogP contribution in [0.25, 0.3) is 0 Å². The number of anilines is 4. The number of ether oxygens (including phenoxy) is 2. The molecule has 0 aliphatic carbocycles. The maximum atomic E-state index is 12.4. The van der Waals surface area contributed by atoms with Crippen molar-refractivity contribution in [1.29, 1.82) is 0 Å². The first-order valence-electron chi connectivity index (χ1n) is 12.1. The van der Waals surface area contributed by atoms with Crippen molar-refractivity contribution in [2.75, 3.05) is 29.1 Å². The summed E-state index contributed by atoms with van der Waals surface area (Å²) in [5.41, 5.74) is 12.7. The SMILES string of the molecule is CCCCCCCC=O.CNc1ccc(OC(=O)c2cc(N)cc(N)c2)c(NC(=O)OC(C)(C)C)c1. The van der Waals surface area contributed by atoms with Crippen LogP contribution in [0, 0.1) is 0 Å².